The van der Waals surface area contributed by atoms with Gasteiger partial charge in [0.15, 0.2) is 0 Å². The van der Waals surface area contributed by atoms with Gasteiger partial charge in [0.1, 0.15) is 0 Å². The standard InChI is InChI=1S/C10H24O4SSi/c1-7-8-9-15(11,12)13-14-16(5,6)10(2,3)4/h7-9H2,1-6H3. The summed E-state index contributed by atoms with van der Waals surface area (Å²) in [5, 5.41) is -0.0622. The van der Waals surface area contributed by atoms with Gasteiger partial charge in [0.05, 0.1) is 5.75 Å². The molecule has 0 aromatic rings. The van der Waals surface area contributed by atoms with Crippen molar-refractivity contribution in [3.63, 3.8) is 0 Å². The third-order valence-electron chi connectivity index (χ3n) is 2.90. The van der Waals surface area contributed by atoms with Crippen molar-refractivity contribution >= 4 is 18.4 Å². The van der Waals surface area contributed by atoms with Crippen molar-refractivity contribution in [2.45, 2.75) is 58.7 Å². The fourth-order valence-corrected chi connectivity index (χ4v) is 2.67. The molecule has 0 aliphatic rings. The quantitative estimate of drug-likeness (QED) is 0.422. The molecule has 0 atom stereocenters. The fraction of sp³-hybridized carbons (Fsp3) is 1.00. The average Bonchev–Trinajstić information content (AvgIpc) is 2.10. The van der Waals surface area contributed by atoms with E-state index in [2.05, 4.69) is 4.33 Å². The van der Waals surface area contributed by atoms with Gasteiger partial charge in [-0.1, -0.05) is 34.1 Å². The largest absolute Gasteiger partial charge is 0.292 e. The predicted molar refractivity (Wildman–Crippen MR) is 68.1 cm³/mol. The Balaban J connectivity index is 4.35. The summed E-state index contributed by atoms with van der Waals surface area (Å²) >= 11 is 0. The van der Waals surface area contributed by atoms with Gasteiger partial charge in [-0.15, -0.1) is 4.33 Å². The zero-order valence-corrected chi connectivity index (χ0v) is 13.0. The topological polar surface area (TPSA) is 52.6 Å². The first kappa shape index (κ1) is 16.1. The second kappa shape index (κ2) is 5.62. The molecule has 4 nitrogen and oxygen atoms in total. The van der Waals surface area contributed by atoms with Crippen molar-refractivity contribution in [1.29, 1.82) is 0 Å². The van der Waals surface area contributed by atoms with Gasteiger partial charge in [-0.2, -0.15) is 8.42 Å². The minimum Gasteiger partial charge on any atom is -0.270 e. The summed E-state index contributed by atoms with van der Waals surface area (Å²) in [6.45, 7) is 11.9. The Morgan fingerprint density at radius 3 is 2.06 bits per heavy atom. The first-order valence-electron chi connectivity index (χ1n) is 5.62. The average molecular weight is 268 g/mol. The van der Waals surface area contributed by atoms with Gasteiger partial charge in [0.2, 0.25) is 8.32 Å². The van der Waals surface area contributed by atoms with E-state index in [4.69, 9.17) is 4.58 Å². The van der Waals surface area contributed by atoms with Gasteiger partial charge in [-0.25, -0.2) is 0 Å². The van der Waals surface area contributed by atoms with E-state index in [9.17, 15) is 8.42 Å². The second-order valence-corrected chi connectivity index (χ2v) is 11.9. The summed E-state index contributed by atoms with van der Waals surface area (Å²) in [6, 6.07) is 0. The van der Waals surface area contributed by atoms with E-state index in [-0.39, 0.29) is 10.8 Å². The Morgan fingerprint density at radius 2 is 1.69 bits per heavy atom. The van der Waals surface area contributed by atoms with Crippen molar-refractivity contribution in [2.75, 3.05) is 5.75 Å². The van der Waals surface area contributed by atoms with E-state index < -0.39 is 18.4 Å². The van der Waals surface area contributed by atoms with Gasteiger partial charge in [0.25, 0.3) is 10.1 Å². The molecule has 0 unspecified atom stereocenters. The van der Waals surface area contributed by atoms with Gasteiger partial charge in [0, 0.05) is 0 Å². The van der Waals surface area contributed by atoms with Gasteiger partial charge in [-0.3, -0.25) is 4.58 Å². The summed E-state index contributed by atoms with van der Waals surface area (Å²) in [5.74, 6) is 0.0259. The Bertz CT molecular complexity index is 303. The lowest BCUT2D eigenvalue weighted by Gasteiger charge is -2.33. The molecule has 0 aromatic heterocycles. The SMILES string of the molecule is CCCCS(=O)(=O)OO[Si](C)(C)C(C)(C)C. The smallest absolute Gasteiger partial charge is 0.270 e. The molecule has 6 heteroatoms. The van der Waals surface area contributed by atoms with Crippen LogP contribution in [0.4, 0.5) is 0 Å². The Kier molecular flexibility index (Phi) is 5.65. The lowest BCUT2D eigenvalue weighted by atomic mass is 10.2. The third-order valence-corrected chi connectivity index (χ3v) is 8.20. The maximum absolute atomic E-state index is 11.4. The molecule has 0 rings (SSSR count). The van der Waals surface area contributed by atoms with Crippen LogP contribution < -0.4 is 0 Å². The molecule has 0 heterocycles. The zero-order valence-electron chi connectivity index (χ0n) is 11.2. The van der Waals surface area contributed by atoms with Crippen LogP contribution in [0, 0.1) is 0 Å². The molecule has 0 radical (unpaired) electrons. The summed E-state index contributed by atoms with van der Waals surface area (Å²) in [7, 11) is -5.68. The van der Waals surface area contributed by atoms with E-state index in [1.807, 2.05) is 40.8 Å². The molecule has 0 amide bonds. The maximum Gasteiger partial charge on any atom is 0.292 e. The molecule has 98 valence electrons. The molecule has 0 aromatic carbocycles. The number of rotatable bonds is 6. The van der Waals surface area contributed by atoms with E-state index in [1.165, 1.54) is 0 Å². The van der Waals surface area contributed by atoms with Gasteiger partial charge in [-0.05, 0) is 24.6 Å². The van der Waals surface area contributed by atoms with E-state index in [0.717, 1.165) is 6.42 Å². The highest BCUT2D eigenvalue weighted by molar-refractivity contribution is 7.86. The first-order valence-corrected chi connectivity index (χ1v) is 10.1. The summed E-state index contributed by atoms with van der Waals surface area (Å²) in [5.41, 5.74) is 0. The van der Waals surface area contributed by atoms with E-state index in [1.54, 1.807) is 0 Å². The van der Waals surface area contributed by atoms with Crippen LogP contribution in [0.2, 0.25) is 18.1 Å². The lowest BCUT2D eigenvalue weighted by molar-refractivity contribution is -0.109. The molecule has 0 saturated heterocycles. The first-order chi connectivity index (χ1) is 7.02. The van der Waals surface area contributed by atoms with Crippen molar-refractivity contribution < 1.29 is 17.3 Å². The molecular formula is C10H24O4SSi. The normalized spacial score (nSPS) is 14.1. The predicted octanol–water partition coefficient (Wildman–Crippen LogP) is 3.07. The van der Waals surface area contributed by atoms with Crippen LogP contribution in [-0.2, 0) is 19.0 Å². The van der Waals surface area contributed by atoms with Crippen LogP contribution in [0.15, 0.2) is 0 Å². The third kappa shape index (κ3) is 5.43. The van der Waals surface area contributed by atoms with E-state index in [0.29, 0.717) is 6.42 Å². The molecule has 16 heavy (non-hydrogen) atoms. The highest BCUT2D eigenvalue weighted by Gasteiger charge is 2.40. The van der Waals surface area contributed by atoms with Crippen LogP contribution in [0.5, 0.6) is 0 Å². The molecular weight excluding hydrogens is 244 g/mol. The van der Waals surface area contributed by atoms with Crippen molar-refractivity contribution in [3.8, 4) is 0 Å². The Morgan fingerprint density at radius 1 is 1.19 bits per heavy atom. The summed E-state index contributed by atoms with van der Waals surface area (Å²) in [6.07, 6.45) is 1.42. The van der Waals surface area contributed by atoms with Crippen LogP contribution in [0.3, 0.4) is 0 Å². The number of hydrogen-bond acceptors (Lipinski definition) is 4. The summed E-state index contributed by atoms with van der Waals surface area (Å²) in [4.78, 5) is 0. The minimum absolute atomic E-state index is 0.0259. The van der Waals surface area contributed by atoms with Crippen LogP contribution in [-0.4, -0.2) is 22.5 Å². The van der Waals surface area contributed by atoms with Gasteiger partial charge < -0.3 is 0 Å². The van der Waals surface area contributed by atoms with Gasteiger partial charge >= 0.3 is 0 Å². The fourth-order valence-electron chi connectivity index (χ4n) is 0.617. The van der Waals surface area contributed by atoms with Crippen molar-refractivity contribution in [1.82, 2.24) is 0 Å². The van der Waals surface area contributed by atoms with E-state index >= 15 is 0 Å². The monoisotopic (exact) mass is 268 g/mol. The van der Waals surface area contributed by atoms with Crippen LogP contribution in [0.1, 0.15) is 40.5 Å². The molecule has 0 spiro atoms. The lowest BCUT2D eigenvalue weighted by Crippen LogP contribution is -2.41. The molecule has 0 aliphatic carbocycles. The molecule has 0 fully saturated rings. The van der Waals surface area contributed by atoms with Crippen LogP contribution in [0.25, 0.3) is 0 Å². The summed E-state index contributed by atoms with van der Waals surface area (Å²) < 4.78 is 32.7. The van der Waals surface area contributed by atoms with Crippen LogP contribution >= 0.6 is 0 Å². The molecule has 0 saturated carbocycles. The maximum atomic E-state index is 11.4. The highest BCUT2D eigenvalue weighted by atomic mass is 32.2. The Hall–Kier alpha value is 0.0869. The molecule has 0 bridgehead atoms. The second-order valence-electron chi connectivity index (χ2n) is 5.53. The minimum atomic E-state index is -3.52. The molecule has 0 aliphatic heterocycles. The van der Waals surface area contributed by atoms with Crippen molar-refractivity contribution in [2.24, 2.45) is 0 Å². The Labute approximate surface area is 101 Å². The molecule has 0 N–H and O–H groups in total. The number of unbranched alkanes of at least 4 members (excludes halogenated alkanes) is 1. The number of hydrogen-bond donors (Lipinski definition) is 0. The highest BCUT2D eigenvalue weighted by Crippen LogP contribution is 2.36. The zero-order chi connectivity index (χ0) is 13.0. The van der Waals surface area contributed by atoms with Crippen molar-refractivity contribution in [3.05, 3.63) is 0 Å².